The summed E-state index contributed by atoms with van der Waals surface area (Å²) in [5, 5.41) is 0. The van der Waals surface area contributed by atoms with E-state index in [-0.39, 0.29) is 5.91 Å². The van der Waals surface area contributed by atoms with E-state index in [1.54, 1.807) is 36.5 Å². The molecule has 1 rings (SSSR count). The number of likely N-dealkylation sites (N-methyl/N-ethyl adjacent to an activating group) is 1. The summed E-state index contributed by atoms with van der Waals surface area (Å²) >= 11 is 0. The zero-order chi connectivity index (χ0) is 9.68. The van der Waals surface area contributed by atoms with Gasteiger partial charge < -0.3 is 4.90 Å². The van der Waals surface area contributed by atoms with E-state index in [4.69, 9.17) is 0 Å². The predicted molar refractivity (Wildman–Crippen MR) is 52.5 cm³/mol. The van der Waals surface area contributed by atoms with Gasteiger partial charge in [0.2, 0.25) is 5.91 Å². The third-order valence-corrected chi connectivity index (χ3v) is 1.67. The van der Waals surface area contributed by atoms with Gasteiger partial charge in [0, 0.05) is 13.2 Å². The first-order valence-corrected chi connectivity index (χ1v) is 4.06. The lowest BCUT2D eigenvalue weighted by molar-refractivity contribution is -0.113. The molecule has 1 heterocycles. The van der Waals surface area contributed by atoms with Crippen molar-refractivity contribution >= 4 is 11.6 Å². The smallest absolute Gasteiger partial charge is 0.250 e. The van der Waals surface area contributed by atoms with E-state index < -0.39 is 0 Å². The van der Waals surface area contributed by atoms with Gasteiger partial charge in [-0.1, -0.05) is 6.08 Å². The van der Waals surface area contributed by atoms with Crippen LogP contribution in [0.25, 0.3) is 0 Å². The molecular formula is C10H12N2O. The van der Waals surface area contributed by atoms with Crippen molar-refractivity contribution in [3.63, 3.8) is 0 Å². The molecule has 0 radical (unpaired) electrons. The largest absolute Gasteiger partial charge is 0.310 e. The van der Waals surface area contributed by atoms with Gasteiger partial charge in [0.05, 0.1) is 11.9 Å². The Kier molecular flexibility index (Phi) is 3.20. The zero-order valence-corrected chi connectivity index (χ0v) is 7.77. The molecule has 0 saturated carbocycles. The first-order valence-electron chi connectivity index (χ1n) is 4.06. The molecular weight excluding hydrogens is 164 g/mol. The van der Waals surface area contributed by atoms with E-state index in [0.29, 0.717) is 0 Å². The second-order valence-electron chi connectivity index (χ2n) is 2.61. The number of amides is 1. The number of anilines is 1. The van der Waals surface area contributed by atoms with Crippen molar-refractivity contribution < 1.29 is 4.79 Å². The van der Waals surface area contributed by atoms with Crippen LogP contribution < -0.4 is 4.90 Å². The minimum Gasteiger partial charge on any atom is -0.310 e. The van der Waals surface area contributed by atoms with Crippen LogP contribution in [0.5, 0.6) is 0 Å². The van der Waals surface area contributed by atoms with Gasteiger partial charge in [0.1, 0.15) is 0 Å². The summed E-state index contributed by atoms with van der Waals surface area (Å²) in [6, 6.07) is 3.64. The summed E-state index contributed by atoms with van der Waals surface area (Å²) in [6.07, 6.45) is 6.57. The Morgan fingerprint density at radius 1 is 1.62 bits per heavy atom. The summed E-state index contributed by atoms with van der Waals surface area (Å²) in [7, 11) is 1.72. The van der Waals surface area contributed by atoms with Gasteiger partial charge in [0.15, 0.2) is 0 Å². The van der Waals surface area contributed by atoms with E-state index in [2.05, 4.69) is 4.98 Å². The molecule has 0 saturated heterocycles. The monoisotopic (exact) mass is 176 g/mol. The Morgan fingerprint density at radius 2 is 2.38 bits per heavy atom. The molecule has 0 aliphatic carbocycles. The van der Waals surface area contributed by atoms with E-state index >= 15 is 0 Å². The van der Waals surface area contributed by atoms with Crippen molar-refractivity contribution in [3.8, 4) is 0 Å². The lowest BCUT2D eigenvalue weighted by atomic mass is 10.3. The molecule has 1 aromatic rings. The normalized spacial score (nSPS) is 10.3. The number of aromatic nitrogens is 1. The van der Waals surface area contributed by atoms with Gasteiger partial charge in [0.25, 0.3) is 0 Å². The molecule has 1 amide bonds. The first-order chi connectivity index (χ1) is 6.25. The number of carbonyl (C=O) groups is 1. The fourth-order valence-corrected chi connectivity index (χ4v) is 0.934. The van der Waals surface area contributed by atoms with Crippen molar-refractivity contribution in [1.29, 1.82) is 0 Å². The molecule has 3 heteroatoms. The van der Waals surface area contributed by atoms with E-state index in [1.807, 2.05) is 13.0 Å². The Balaban J connectivity index is 2.79. The quantitative estimate of drug-likeness (QED) is 0.641. The van der Waals surface area contributed by atoms with Crippen molar-refractivity contribution in [3.05, 3.63) is 36.7 Å². The maximum absolute atomic E-state index is 11.4. The molecule has 1 aromatic heterocycles. The number of nitrogens with zero attached hydrogens (tertiary/aromatic N) is 2. The molecule has 68 valence electrons. The van der Waals surface area contributed by atoms with Gasteiger partial charge in [-0.15, -0.1) is 0 Å². The van der Waals surface area contributed by atoms with Crippen molar-refractivity contribution in [2.75, 3.05) is 11.9 Å². The molecule has 3 nitrogen and oxygen atoms in total. The minimum atomic E-state index is -0.0458. The Bertz CT molecular complexity index is 306. The second kappa shape index (κ2) is 4.40. The van der Waals surface area contributed by atoms with Gasteiger partial charge in [-0.25, -0.2) is 0 Å². The van der Waals surface area contributed by atoms with Crippen LogP contribution >= 0.6 is 0 Å². The van der Waals surface area contributed by atoms with Crippen LogP contribution in [0.3, 0.4) is 0 Å². The topological polar surface area (TPSA) is 33.2 Å². The molecule has 0 unspecified atom stereocenters. The lowest BCUT2D eigenvalue weighted by Crippen LogP contribution is -2.23. The molecule has 0 aliphatic rings. The Hall–Kier alpha value is -1.64. The van der Waals surface area contributed by atoms with Crippen LogP contribution in [-0.4, -0.2) is 17.9 Å². The lowest BCUT2D eigenvalue weighted by Gasteiger charge is -2.13. The molecule has 0 aromatic carbocycles. The Labute approximate surface area is 77.7 Å². The van der Waals surface area contributed by atoms with E-state index in [0.717, 1.165) is 5.69 Å². The number of rotatable bonds is 2. The number of allylic oxidation sites excluding steroid dienone is 1. The fourth-order valence-electron chi connectivity index (χ4n) is 0.934. The van der Waals surface area contributed by atoms with Crippen LogP contribution in [0, 0.1) is 0 Å². The maximum atomic E-state index is 11.4. The highest BCUT2D eigenvalue weighted by Gasteiger charge is 2.05. The van der Waals surface area contributed by atoms with E-state index in [9.17, 15) is 4.79 Å². The van der Waals surface area contributed by atoms with Crippen LogP contribution in [0.4, 0.5) is 5.69 Å². The van der Waals surface area contributed by atoms with Crippen LogP contribution in [0.1, 0.15) is 6.92 Å². The summed E-state index contributed by atoms with van der Waals surface area (Å²) in [5.41, 5.74) is 0.797. The van der Waals surface area contributed by atoms with Gasteiger partial charge >= 0.3 is 0 Å². The predicted octanol–water partition coefficient (Wildman–Crippen LogP) is 1.62. The van der Waals surface area contributed by atoms with Crippen LogP contribution in [0.2, 0.25) is 0 Å². The average molecular weight is 176 g/mol. The molecule has 0 N–H and O–H groups in total. The Morgan fingerprint density at radius 3 is 2.92 bits per heavy atom. The zero-order valence-electron chi connectivity index (χ0n) is 7.77. The minimum absolute atomic E-state index is 0.0458. The summed E-state index contributed by atoms with van der Waals surface area (Å²) in [5.74, 6) is -0.0458. The summed E-state index contributed by atoms with van der Waals surface area (Å²) < 4.78 is 0. The molecule has 13 heavy (non-hydrogen) atoms. The van der Waals surface area contributed by atoms with Gasteiger partial charge in [-0.2, -0.15) is 0 Å². The maximum Gasteiger partial charge on any atom is 0.250 e. The number of carbonyl (C=O) groups excluding carboxylic acids is 1. The van der Waals surface area contributed by atoms with Crippen molar-refractivity contribution in [1.82, 2.24) is 4.98 Å². The molecule has 0 bridgehead atoms. The summed E-state index contributed by atoms with van der Waals surface area (Å²) in [4.78, 5) is 16.8. The number of hydrogen-bond donors (Lipinski definition) is 0. The molecule has 0 spiro atoms. The van der Waals surface area contributed by atoms with Crippen molar-refractivity contribution in [2.24, 2.45) is 0 Å². The number of hydrogen-bond acceptors (Lipinski definition) is 2. The van der Waals surface area contributed by atoms with E-state index in [1.165, 1.54) is 6.08 Å². The highest BCUT2D eigenvalue weighted by molar-refractivity contribution is 6.00. The molecule has 0 aliphatic heterocycles. The van der Waals surface area contributed by atoms with Gasteiger partial charge in [-0.3, -0.25) is 9.78 Å². The van der Waals surface area contributed by atoms with Gasteiger partial charge in [-0.05, 0) is 25.1 Å². The summed E-state index contributed by atoms with van der Waals surface area (Å²) in [6.45, 7) is 1.81. The van der Waals surface area contributed by atoms with Crippen LogP contribution in [-0.2, 0) is 4.79 Å². The highest BCUT2D eigenvalue weighted by atomic mass is 16.2. The number of pyridine rings is 1. The third-order valence-electron chi connectivity index (χ3n) is 1.67. The van der Waals surface area contributed by atoms with Crippen molar-refractivity contribution in [2.45, 2.75) is 6.92 Å². The molecule has 0 fully saturated rings. The highest BCUT2D eigenvalue weighted by Crippen LogP contribution is 2.09. The molecule has 0 atom stereocenters. The fraction of sp³-hybridized carbons (Fsp3) is 0.200. The SMILES string of the molecule is C/C=C/C(=O)N(C)c1cccnc1. The standard InChI is InChI=1S/C10H12N2O/c1-3-5-10(13)12(2)9-6-4-7-11-8-9/h3-8H,1-2H3/b5-3+. The third kappa shape index (κ3) is 2.40. The first kappa shape index (κ1) is 9.45. The average Bonchev–Trinajstić information content (AvgIpc) is 2.18. The second-order valence-corrected chi connectivity index (χ2v) is 2.61. The van der Waals surface area contributed by atoms with Crippen LogP contribution in [0.15, 0.2) is 36.7 Å².